The molecule has 0 saturated heterocycles. The molecule has 0 fully saturated rings. The number of unbranched alkanes of at least 4 members (excludes halogenated alkanes) is 28. The number of hydrogen-bond donors (Lipinski definition) is 1. The zero-order valence-corrected chi connectivity index (χ0v) is 39.3. The van der Waals surface area contributed by atoms with Gasteiger partial charge in [0.25, 0.3) is 5.82 Å². The maximum atomic E-state index is 13.1. The summed E-state index contributed by atoms with van der Waals surface area (Å²) < 4.78 is 18.9. The first-order valence-electron chi connectivity index (χ1n) is 24.8. The van der Waals surface area contributed by atoms with Crippen LogP contribution in [0.4, 0.5) is 5.82 Å². The predicted molar refractivity (Wildman–Crippen MR) is 243 cm³/mol. The van der Waals surface area contributed by atoms with Gasteiger partial charge in [0.2, 0.25) is 7.94 Å². The fourth-order valence-electron chi connectivity index (χ4n) is 8.10. The molecule has 10 heteroatoms. The Labute approximate surface area is 362 Å². The fourth-order valence-corrected chi connectivity index (χ4v) is 9.13. The van der Waals surface area contributed by atoms with Crippen LogP contribution in [0.2, 0.25) is 0 Å². The van der Waals surface area contributed by atoms with Gasteiger partial charge in [-0.1, -0.05) is 194 Å². The van der Waals surface area contributed by atoms with Gasteiger partial charge in [-0.15, -0.1) is 0 Å². The van der Waals surface area contributed by atoms with Crippen molar-refractivity contribution in [2.24, 2.45) is 0 Å². The highest BCUT2D eigenvalue weighted by Gasteiger charge is 2.34. The van der Waals surface area contributed by atoms with Crippen molar-refractivity contribution in [2.45, 2.75) is 239 Å². The molecule has 2 heterocycles. The largest absolute Gasteiger partial charge is 0.631 e. The van der Waals surface area contributed by atoms with Gasteiger partial charge in [0.1, 0.15) is 39.0 Å². The molecule has 0 amide bonds. The van der Waals surface area contributed by atoms with Crippen molar-refractivity contribution in [1.29, 1.82) is 0 Å². The number of carbonyl (C=O) groups is 2. The molecule has 1 N–H and O–H groups in total. The van der Waals surface area contributed by atoms with E-state index in [1.165, 1.54) is 160 Å². The Morgan fingerprint density at radius 1 is 0.661 bits per heavy atom. The smallest absolute Gasteiger partial charge is 0.306 e. The summed E-state index contributed by atoms with van der Waals surface area (Å²) in [5, 5.41) is 0. The topological polar surface area (TPSA) is 112 Å². The van der Waals surface area contributed by atoms with E-state index in [-0.39, 0.29) is 37.7 Å². The van der Waals surface area contributed by atoms with Crippen molar-refractivity contribution in [3.8, 4) is 0 Å². The van der Waals surface area contributed by atoms with Crippen LogP contribution >= 0.6 is 7.94 Å². The van der Waals surface area contributed by atoms with Gasteiger partial charge in [-0.2, -0.15) is 0 Å². The van der Waals surface area contributed by atoms with Crippen LogP contribution in [0, 0.1) is 6.92 Å². The van der Waals surface area contributed by atoms with Gasteiger partial charge in [0, 0.05) is 18.9 Å². The lowest BCUT2D eigenvalue weighted by Crippen LogP contribution is -2.34. The van der Waals surface area contributed by atoms with Crippen molar-refractivity contribution < 1.29 is 37.9 Å². The van der Waals surface area contributed by atoms with Crippen molar-refractivity contribution >= 4 is 25.7 Å². The number of anilines is 1. The molecule has 0 aromatic carbocycles. The second kappa shape index (κ2) is 35.8. The summed E-state index contributed by atoms with van der Waals surface area (Å²) in [5.74, 6) is 0.290. The number of ether oxygens (including phenoxy) is 2. The second-order valence-corrected chi connectivity index (χ2v) is 19.6. The summed E-state index contributed by atoms with van der Waals surface area (Å²) in [6.45, 7) is 8.06. The first-order chi connectivity index (χ1) is 28.7. The number of fused-ring (bicyclic) bond motifs is 1. The Hall–Kier alpha value is -1.80. The standard InChI is InChI=1S/C49H89N2O7P/c1-4-6-8-10-12-14-16-18-20-22-24-26-28-30-32-34-48(52)56-43-46(44-57-59(54,55)41-40-50-38-39-51-42-45(3)36-37-47(50)51)58-49(53)35-33-31-29-27-25-23-21-19-17-15-13-11-9-7-5-2/h36-37,42,46H,4-35,38-41,43-44H2,1-3H3/p+1/t46-/m1/s1. The molecule has 1 unspecified atom stereocenters. The number of rotatable bonds is 41. The van der Waals surface area contributed by atoms with Crippen molar-refractivity contribution in [2.75, 3.05) is 37.4 Å². The molecule has 59 heavy (non-hydrogen) atoms. The summed E-state index contributed by atoms with van der Waals surface area (Å²) in [6, 6.07) is 4.08. The van der Waals surface area contributed by atoms with Crippen LogP contribution in [-0.4, -0.2) is 55.4 Å². The van der Waals surface area contributed by atoms with Gasteiger partial charge in [0.05, 0.1) is 6.20 Å². The Morgan fingerprint density at radius 2 is 1.08 bits per heavy atom. The summed E-state index contributed by atoms with van der Waals surface area (Å²) in [4.78, 5) is 51.5. The summed E-state index contributed by atoms with van der Waals surface area (Å²) >= 11 is 0. The van der Waals surface area contributed by atoms with Crippen LogP contribution in [0.3, 0.4) is 0 Å². The minimum atomic E-state index is -3.99. The lowest BCUT2D eigenvalue weighted by atomic mass is 10.0. The zero-order valence-electron chi connectivity index (χ0n) is 38.4. The maximum Gasteiger partial charge on any atom is 0.306 e. The van der Waals surface area contributed by atoms with E-state index >= 15 is 0 Å². The predicted octanol–water partition coefficient (Wildman–Crippen LogP) is 12.2. The molecule has 1 aromatic rings. The minimum Gasteiger partial charge on any atom is -0.631 e. The summed E-state index contributed by atoms with van der Waals surface area (Å²) in [7, 11) is -3.99. The quantitative estimate of drug-likeness (QED) is 0.0300. The van der Waals surface area contributed by atoms with Gasteiger partial charge in [-0.05, 0) is 31.4 Å². The summed E-state index contributed by atoms with van der Waals surface area (Å²) in [5.41, 5.74) is 1.17. The zero-order chi connectivity index (χ0) is 42.7. The van der Waals surface area contributed by atoms with E-state index < -0.39 is 14.0 Å². The van der Waals surface area contributed by atoms with E-state index in [1.54, 1.807) is 0 Å². The minimum absolute atomic E-state index is 0.0559. The molecule has 0 spiro atoms. The van der Waals surface area contributed by atoms with Crippen LogP contribution in [0.1, 0.15) is 225 Å². The van der Waals surface area contributed by atoms with Crippen LogP contribution in [0.15, 0.2) is 18.3 Å². The second-order valence-electron chi connectivity index (χ2n) is 17.6. The van der Waals surface area contributed by atoms with Crippen LogP contribution < -0.4 is 14.4 Å². The fraction of sp³-hybridized carbons (Fsp3) is 0.857. The first kappa shape index (κ1) is 53.3. The van der Waals surface area contributed by atoms with Gasteiger partial charge in [0.15, 0.2) is 6.10 Å². The molecule has 0 aliphatic carbocycles. The van der Waals surface area contributed by atoms with E-state index in [1.807, 2.05) is 19.1 Å². The molecular weight excluding hydrogens is 760 g/mol. The number of nitrogens with zero attached hydrogens (tertiary/aromatic N) is 2. The third kappa shape index (κ3) is 29.2. The molecule has 2 atom stereocenters. The van der Waals surface area contributed by atoms with E-state index in [2.05, 4.69) is 29.5 Å². The average Bonchev–Trinajstić information content (AvgIpc) is 3.62. The number of esters is 2. The highest BCUT2D eigenvalue weighted by Crippen LogP contribution is 2.46. The summed E-state index contributed by atoms with van der Waals surface area (Å²) in [6.07, 6.45) is 39.3. The molecular formula is C49H90N2O7P+. The van der Waals surface area contributed by atoms with E-state index in [4.69, 9.17) is 14.0 Å². The highest BCUT2D eigenvalue weighted by molar-refractivity contribution is 7.58. The third-order valence-corrected chi connectivity index (χ3v) is 13.2. The molecule has 0 saturated carbocycles. The van der Waals surface area contributed by atoms with Gasteiger partial charge < -0.3 is 14.4 Å². The monoisotopic (exact) mass is 850 g/mol. The van der Waals surface area contributed by atoms with Crippen molar-refractivity contribution in [3.05, 3.63) is 23.9 Å². The lowest BCUT2D eigenvalue weighted by Gasteiger charge is -2.25. The normalized spacial score (nSPS) is 14.0. The van der Waals surface area contributed by atoms with Gasteiger partial charge in [-0.25, -0.2) is 14.0 Å². The van der Waals surface area contributed by atoms with Crippen molar-refractivity contribution in [3.63, 3.8) is 0 Å². The maximum absolute atomic E-state index is 13.1. The molecule has 9 nitrogen and oxygen atoms in total. The number of carbonyl (C=O) groups excluding carboxylic acids is 2. The SMILES string of the molecule is CCCCCCCCCCCCCCCCCC(=O)OC[C@H](CO[P+]([O-])(O)CCN1CC[n+]2cc(C)ccc21)OC(=O)CCCCCCCCCCCCCCCCC. The highest BCUT2D eigenvalue weighted by atomic mass is 31.2. The number of hydrogen-bond acceptors (Lipinski definition) is 8. The van der Waals surface area contributed by atoms with Crippen LogP contribution in [0.25, 0.3) is 0 Å². The van der Waals surface area contributed by atoms with E-state index in [9.17, 15) is 19.4 Å². The molecule has 342 valence electrons. The van der Waals surface area contributed by atoms with Gasteiger partial charge >= 0.3 is 11.9 Å². The van der Waals surface area contributed by atoms with Crippen molar-refractivity contribution in [1.82, 2.24) is 0 Å². The van der Waals surface area contributed by atoms with E-state index in [0.717, 1.165) is 57.4 Å². The number of aryl methyl sites for hydroxylation is 1. The Bertz CT molecular complexity index is 1180. The average molecular weight is 850 g/mol. The molecule has 1 aliphatic rings. The van der Waals surface area contributed by atoms with Crippen LogP contribution in [-0.2, 0) is 30.1 Å². The molecule has 0 bridgehead atoms. The van der Waals surface area contributed by atoms with Gasteiger partial charge in [-0.3, -0.25) is 14.5 Å². The Morgan fingerprint density at radius 3 is 1.54 bits per heavy atom. The Balaban J connectivity index is 1.65. The number of pyridine rings is 1. The molecule has 2 rings (SSSR count). The molecule has 0 radical (unpaired) electrons. The molecule has 1 aromatic heterocycles. The van der Waals surface area contributed by atoms with Crippen LogP contribution in [0.5, 0.6) is 0 Å². The van der Waals surface area contributed by atoms with E-state index in [0.29, 0.717) is 13.0 Å². The lowest BCUT2D eigenvalue weighted by molar-refractivity contribution is -0.671. The third-order valence-electron chi connectivity index (χ3n) is 11.9. The number of aromatic nitrogens is 1. The first-order valence-corrected chi connectivity index (χ1v) is 26.6. The Kier molecular flexibility index (Phi) is 32.3. The molecule has 1 aliphatic heterocycles.